The van der Waals surface area contributed by atoms with Gasteiger partial charge in [-0.25, -0.2) is 4.79 Å². The van der Waals surface area contributed by atoms with Gasteiger partial charge in [-0.15, -0.1) is 0 Å². The standard InChI is InChI=1S/C21H26N2O4/c1-14(2)10-11-22-19(25)18(17(24)12-15(3)4)20(26)23(21(22)27)13-16-8-6-5-7-9-16/h5-10,15,18H,11-13H2,1-4H3. The van der Waals surface area contributed by atoms with Crippen molar-refractivity contribution in [1.29, 1.82) is 0 Å². The molecule has 0 radical (unpaired) electrons. The number of Topliss-reactive ketones (excluding diaryl/α,β-unsaturated/α-hetero) is 1. The number of allylic oxidation sites excluding steroid dienone is 1. The second-order valence-electron chi connectivity index (χ2n) is 7.42. The van der Waals surface area contributed by atoms with Crippen LogP contribution in [0.5, 0.6) is 0 Å². The van der Waals surface area contributed by atoms with Crippen LogP contribution < -0.4 is 0 Å². The zero-order valence-electron chi connectivity index (χ0n) is 16.3. The van der Waals surface area contributed by atoms with Gasteiger partial charge in [-0.3, -0.25) is 24.2 Å². The maximum absolute atomic E-state index is 12.9. The minimum Gasteiger partial charge on any atom is -0.298 e. The number of imide groups is 2. The summed E-state index contributed by atoms with van der Waals surface area (Å²) in [6.07, 6.45) is 1.85. The normalized spacial score (nSPS) is 17.5. The number of carbonyl (C=O) groups is 4. The van der Waals surface area contributed by atoms with Crippen molar-refractivity contribution in [3.8, 4) is 0 Å². The molecule has 144 valence electrons. The van der Waals surface area contributed by atoms with Crippen molar-refractivity contribution < 1.29 is 19.2 Å². The average Bonchev–Trinajstić information content (AvgIpc) is 2.58. The van der Waals surface area contributed by atoms with Gasteiger partial charge in [0.2, 0.25) is 0 Å². The van der Waals surface area contributed by atoms with Gasteiger partial charge in [-0.1, -0.05) is 55.8 Å². The lowest BCUT2D eigenvalue weighted by Crippen LogP contribution is -2.61. The molecule has 0 aromatic heterocycles. The molecule has 0 spiro atoms. The SMILES string of the molecule is CC(C)=CCN1C(=O)C(C(=O)CC(C)C)C(=O)N(Cc2ccccc2)C1=O. The minimum atomic E-state index is -1.45. The predicted molar refractivity (Wildman–Crippen MR) is 101 cm³/mol. The van der Waals surface area contributed by atoms with Crippen molar-refractivity contribution in [2.75, 3.05) is 6.54 Å². The topological polar surface area (TPSA) is 74.8 Å². The molecule has 1 aliphatic heterocycles. The number of hydrogen-bond donors (Lipinski definition) is 0. The van der Waals surface area contributed by atoms with Gasteiger partial charge < -0.3 is 0 Å². The zero-order chi connectivity index (χ0) is 20.1. The summed E-state index contributed by atoms with van der Waals surface area (Å²) < 4.78 is 0. The number of ketones is 1. The lowest BCUT2D eigenvalue weighted by atomic mass is 9.92. The smallest absolute Gasteiger partial charge is 0.298 e. The van der Waals surface area contributed by atoms with Gasteiger partial charge in [0.1, 0.15) is 0 Å². The lowest BCUT2D eigenvalue weighted by Gasteiger charge is -2.36. The fourth-order valence-corrected chi connectivity index (χ4v) is 2.90. The number of benzene rings is 1. The molecule has 1 aliphatic rings. The van der Waals surface area contributed by atoms with Crippen molar-refractivity contribution in [2.24, 2.45) is 11.8 Å². The highest BCUT2D eigenvalue weighted by molar-refractivity contribution is 6.26. The number of nitrogens with zero attached hydrogens (tertiary/aromatic N) is 2. The summed E-state index contributed by atoms with van der Waals surface area (Å²) in [5, 5.41) is 0. The number of barbiturate groups is 1. The fraction of sp³-hybridized carbons (Fsp3) is 0.429. The molecule has 1 heterocycles. The molecule has 1 fully saturated rings. The zero-order valence-corrected chi connectivity index (χ0v) is 16.3. The van der Waals surface area contributed by atoms with Crippen molar-refractivity contribution in [3.63, 3.8) is 0 Å². The monoisotopic (exact) mass is 370 g/mol. The molecule has 0 aliphatic carbocycles. The van der Waals surface area contributed by atoms with Gasteiger partial charge in [0.25, 0.3) is 11.8 Å². The summed E-state index contributed by atoms with van der Waals surface area (Å²) >= 11 is 0. The van der Waals surface area contributed by atoms with E-state index in [0.717, 1.165) is 20.9 Å². The van der Waals surface area contributed by atoms with E-state index in [-0.39, 0.29) is 25.4 Å². The Morgan fingerprint density at radius 2 is 1.63 bits per heavy atom. The van der Waals surface area contributed by atoms with Crippen molar-refractivity contribution >= 4 is 23.6 Å². The van der Waals surface area contributed by atoms with Crippen LogP contribution in [-0.4, -0.2) is 40.0 Å². The molecule has 0 N–H and O–H groups in total. The molecule has 1 atom stereocenters. The van der Waals surface area contributed by atoms with E-state index in [4.69, 9.17) is 0 Å². The Balaban J connectivity index is 2.37. The molecule has 6 nitrogen and oxygen atoms in total. The number of urea groups is 1. The Kier molecular flexibility index (Phi) is 6.66. The summed E-state index contributed by atoms with van der Waals surface area (Å²) in [5.74, 6) is -3.32. The van der Waals surface area contributed by atoms with E-state index >= 15 is 0 Å². The van der Waals surface area contributed by atoms with Gasteiger partial charge >= 0.3 is 6.03 Å². The molecule has 4 amide bonds. The number of rotatable bonds is 7. The van der Waals surface area contributed by atoms with Crippen LogP contribution in [0.2, 0.25) is 0 Å². The van der Waals surface area contributed by atoms with Gasteiger partial charge in [0, 0.05) is 13.0 Å². The Morgan fingerprint density at radius 3 is 2.19 bits per heavy atom. The Bertz CT molecular complexity index is 764. The van der Waals surface area contributed by atoms with E-state index < -0.39 is 29.5 Å². The van der Waals surface area contributed by atoms with E-state index in [1.165, 1.54) is 0 Å². The van der Waals surface area contributed by atoms with Crippen LogP contribution in [-0.2, 0) is 20.9 Å². The summed E-state index contributed by atoms with van der Waals surface area (Å²) in [5.41, 5.74) is 1.69. The Hall–Kier alpha value is -2.76. The second-order valence-corrected chi connectivity index (χ2v) is 7.42. The van der Waals surface area contributed by atoms with Crippen LogP contribution in [0, 0.1) is 11.8 Å². The molecular formula is C21H26N2O4. The summed E-state index contributed by atoms with van der Waals surface area (Å²) in [6, 6.07) is 8.36. The highest BCUT2D eigenvalue weighted by Crippen LogP contribution is 2.23. The molecule has 1 unspecified atom stereocenters. The van der Waals surface area contributed by atoms with Gasteiger partial charge in [-0.05, 0) is 25.3 Å². The average molecular weight is 370 g/mol. The molecule has 1 saturated heterocycles. The van der Waals surface area contributed by atoms with Crippen LogP contribution in [0.3, 0.4) is 0 Å². The minimum absolute atomic E-state index is 0.0181. The maximum Gasteiger partial charge on any atom is 0.334 e. The van der Waals surface area contributed by atoms with Crippen molar-refractivity contribution in [2.45, 2.75) is 40.7 Å². The third kappa shape index (κ3) is 4.90. The fourth-order valence-electron chi connectivity index (χ4n) is 2.90. The molecule has 1 aromatic rings. The number of hydrogen-bond acceptors (Lipinski definition) is 4. The highest BCUT2D eigenvalue weighted by atomic mass is 16.2. The van der Waals surface area contributed by atoms with Crippen molar-refractivity contribution in [1.82, 2.24) is 9.80 Å². The van der Waals surface area contributed by atoms with E-state index in [1.54, 1.807) is 18.2 Å². The highest BCUT2D eigenvalue weighted by Gasteiger charge is 2.48. The third-order valence-corrected chi connectivity index (χ3v) is 4.28. The molecule has 2 rings (SSSR count). The second kappa shape index (κ2) is 8.75. The molecule has 0 saturated carbocycles. The number of amides is 4. The Labute approximate surface area is 159 Å². The lowest BCUT2D eigenvalue weighted by molar-refractivity contribution is -0.153. The van der Waals surface area contributed by atoms with Crippen molar-refractivity contribution in [3.05, 3.63) is 47.5 Å². The molecule has 27 heavy (non-hydrogen) atoms. The maximum atomic E-state index is 12.9. The molecule has 0 bridgehead atoms. The quantitative estimate of drug-likeness (QED) is 0.546. The predicted octanol–water partition coefficient (Wildman–Crippen LogP) is 3.18. The van der Waals surface area contributed by atoms with E-state index in [2.05, 4.69) is 0 Å². The largest absolute Gasteiger partial charge is 0.334 e. The van der Waals surface area contributed by atoms with Crippen LogP contribution in [0.1, 0.15) is 39.7 Å². The molecular weight excluding hydrogens is 344 g/mol. The first-order chi connectivity index (χ1) is 12.7. The first kappa shape index (κ1) is 20.6. The summed E-state index contributed by atoms with van der Waals surface area (Å²) in [4.78, 5) is 53.1. The van der Waals surface area contributed by atoms with Gasteiger partial charge in [0.05, 0.1) is 6.54 Å². The van der Waals surface area contributed by atoms with Crippen LogP contribution in [0.15, 0.2) is 42.0 Å². The molecule has 6 heteroatoms. The van der Waals surface area contributed by atoms with E-state index in [1.807, 2.05) is 45.9 Å². The van der Waals surface area contributed by atoms with Gasteiger partial charge in [0.15, 0.2) is 11.7 Å². The van der Waals surface area contributed by atoms with E-state index in [0.29, 0.717) is 0 Å². The third-order valence-electron chi connectivity index (χ3n) is 4.28. The first-order valence-corrected chi connectivity index (χ1v) is 9.09. The number of carbonyl (C=O) groups excluding carboxylic acids is 4. The van der Waals surface area contributed by atoms with E-state index in [9.17, 15) is 19.2 Å². The first-order valence-electron chi connectivity index (χ1n) is 9.09. The van der Waals surface area contributed by atoms with Crippen LogP contribution >= 0.6 is 0 Å². The van der Waals surface area contributed by atoms with Crippen LogP contribution in [0.4, 0.5) is 4.79 Å². The Morgan fingerprint density at radius 1 is 1.04 bits per heavy atom. The summed E-state index contributed by atoms with van der Waals surface area (Å²) in [6.45, 7) is 7.49. The summed E-state index contributed by atoms with van der Waals surface area (Å²) in [7, 11) is 0. The van der Waals surface area contributed by atoms with Crippen LogP contribution in [0.25, 0.3) is 0 Å². The molecule has 1 aromatic carbocycles. The van der Waals surface area contributed by atoms with Gasteiger partial charge in [-0.2, -0.15) is 0 Å².